The number of carbonyl (C=O) groups excluding carboxylic acids is 1. The van der Waals surface area contributed by atoms with E-state index >= 15 is 0 Å². The van der Waals surface area contributed by atoms with Crippen LogP contribution in [0.2, 0.25) is 0 Å². The van der Waals surface area contributed by atoms with E-state index in [2.05, 4.69) is 29.0 Å². The molecule has 0 N–H and O–H groups in total. The molecule has 0 aromatic rings. The van der Waals surface area contributed by atoms with Crippen molar-refractivity contribution in [3.05, 3.63) is 24.3 Å². The highest BCUT2D eigenvalue weighted by Gasteiger charge is 2.41. The largest absolute Gasteiger partial charge is 0.460 e. The molecule has 0 saturated heterocycles. The summed E-state index contributed by atoms with van der Waals surface area (Å²) < 4.78 is 18.9. The Morgan fingerprint density at radius 1 is 1.11 bits per heavy atom. The van der Waals surface area contributed by atoms with Crippen LogP contribution in [-0.2, 0) is 23.7 Å². The topological polar surface area (TPSA) is 54.0 Å². The third-order valence-electron chi connectivity index (χ3n) is 2.44. The van der Waals surface area contributed by atoms with Gasteiger partial charge in [0.15, 0.2) is 0 Å². The maximum absolute atomic E-state index is 11.2. The van der Waals surface area contributed by atoms with E-state index in [-0.39, 0.29) is 6.61 Å². The molecule has 2 rings (SSSR count). The van der Waals surface area contributed by atoms with E-state index in [1.54, 1.807) is 6.92 Å². The lowest BCUT2D eigenvalue weighted by Gasteiger charge is -2.25. The van der Waals surface area contributed by atoms with Crippen LogP contribution in [0, 0.1) is 0 Å². The molecule has 0 fully saturated rings. The second kappa shape index (κ2) is 6.49. The van der Waals surface area contributed by atoms with Crippen LogP contribution in [0.4, 0.5) is 0 Å². The molecule has 0 aromatic carbocycles. The second-order valence-corrected chi connectivity index (χ2v) is 3.47. The van der Waals surface area contributed by atoms with Gasteiger partial charge in [0.1, 0.15) is 0 Å². The molecule has 0 spiro atoms. The number of methoxy groups -OCH3 is 3. The minimum Gasteiger partial charge on any atom is -0.460 e. The van der Waals surface area contributed by atoms with Crippen LogP contribution in [-0.4, -0.2) is 39.9 Å². The maximum Gasteiger partial charge on any atom is 0.398 e. The first-order chi connectivity index (χ1) is 8.63. The van der Waals surface area contributed by atoms with E-state index in [9.17, 15) is 4.79 Å². The zero-order valence-corrected chi connectivity index (χ0v) is 11.1. The van der Waals surface area contributed by atoms with E-state index < -0.39 is 11.9 Å². The van der Waals surface area contributed by atoms with Gasteiger partial charge in [-0.2, -0.15) is 0 Å². The van der Waals surface area contributed by atoms with Crippen LogP contribution in [0.15, 0.2) is 24.3 Å². The van der Waals surface area contributed by atoms with Gasteiger partial charge in [-0.15, -0.1) is 0 Å². The molecule has 0 amide bonds. The Bertz CT molecular complexity index is 373. The minimum absolute atomic E-state index is 0.247. The lowest BCUT2D eigenvalue weighted by Crippen LogP contribution is -2.45. The number of esters is 1. The Morgan fingerprint density at radius 2 is 1.61 bits per heavy atom. The first kappa shape index (κ1) is 14.6. The van der Waals surface area contributed by atoms with Gasteiger partial charge in [-0.05, 0) is 24.1 Å². The highest BCUT2D eigenvalue weighted by atomic mass is 16.9. The van der Waals surface area contributed by atoms with Crippen molar-refractivity contribution in [2.24, 2.45) is 0 Å². The molecule has 5 heteroatoms. The summed E-state index contributed by atoms with van der Waals surface area (Å²) in [6, 6.07) is 8.48. The van der Waals surface area contributed by atoms with Gasteiger partial charge in [-0.3, -0.25) is 0 Å². The van der Waals surface area contributed by atoms with Crippen molar-refractivity contribution < 1.29 is 23.7 Å². The standard InChI is InChI=1S/C7H14O5.C6H4/c1-5-12-6(8)7(9-2,10-3)11-4;1-2-5-4-6(5)3-1/h5H2,1-4H3;1-4H. The quantitative estimate of drug-likeness (QED) is 0.601. The van der Waals surface area contributed by atoms with Crippen LogP contribution < -0.4 is 0 Å². The maximum atomic E-state index is 11.2. The van der Waals surface area contributed by atoms with Crippen LogP contribution in [0.3, 0.4) is 0 Å². The van der Waals surface area contributed by atoms with Crippen LogP contribution in [0.5, 0.6) is 0 Å². The fraction of sp³-hybridized carbons (Fsp3) is 0.462. The van der Waals surface area contributed by atoms with E-state index in [0.717, 1.165) is 0 Å². The second-order valence-electron chi connectivity index (χ2n) is 3.47. The van der Waals surface area contributed by atoms with E-state index in [0.29, 0.717) is 0 Å². The van der Waals surface area contributed by atoms with Crippen molar-refractivity contribution >= 4 is 5.97 Å². The van der Waals surface area contributed by atoms with Crippen molar-refractivity contribution in [1.29, 1.82) is 0 Å². The minimum atomic E-state index is -1.73. The average Bonchev–Trinajstić information content (AvgIpc) is 3.00. The Hall–Kier alpha value is -1.43. The molecule has 0 aliphatic heterocycles. The van der Waals surface area contributed by atoms with Crippen molar-refractivity contribution in [3.8, 4) is 11.1 Å². The van der Waals surface area contributed by atoms with Crippen LogP contribution >= 0.6 is 0 Å². The number of hydrogen-bond acceptors (Lipinski definition) is 5. The van der Waals surface area contributed by atoms with Gasteiger partial charge in [0, 0.05) is 21.3 Å². The van der Waals surface area contributed by atoms with Crippen molar-refractivity contribution in [1.82, 2.24) is 0 Å². The number of rotatable bonds is 5. The molecule has 0 heterocycles. The smallest absolute Gasteiger partial charge is 0.398 e. The molecular weight excluding hydrogens is 236 g/mol. The summed E-state index contributed by atoms with van der Waals surface area (Å²) in [7, 11) is 3.89. The van der Waals surface area contributed by atoms with Gasteiger partial charge in [-0.25, -0.2) is 4.79 Å². The van der Waals surface area contributed by atoms with Crippen molar-refractivity contribution in [2.75, 3.05) is 27.9 Å². The third-order valence-corrected chi connectivity index (χ3v) is 2.44. The summed E-state index contributed by atoms with van der Waals surface area (Å²) in [5.41, 5.74) is 2.85. The molecule has 2 aliphatic rings. The Labute approximate surface area is 107 Å². The molecule has 0 atom stereocenters. The molecule has 2 aliphatic carbocycles. The summed E-state index contributed by atoms with van der Waals surface area (Å²) >= 11 is 0. The van der Waals surface area contributed by atoms with Crippen molar-refractivity contribution in [2.45, 2.75) is 12.9 Å². The molecule has 0 bridgehead atoms. The van der Waals surface area contributed by atoms with E-state index in [4.69, 9.17) is 14.2 Å². The fourth-order valence-corrected chi connectivity index (χ4v) is 1.40. The number of benzene rings is 1. The summed E-state index contributed by atoms with van der Waals surface area (Å²) in [5.74, 6) is -2.42. The Balaban J connectivity index is 0.000000217. The molecule has 0 aromatic heterocycles. The molecule has 100 valence electrons. The Morgan fingerprint density at radius 3 is 1.83 bits per heavy atom. The highest BCUT2D eigenvalue weighted by molar-refractivity contribution is 5.80. The van der Waals surface area contributed by atoms with Crippen molar-refractivity contribution in [3.63, 3.8) is 0 Å². The SMILES string of the molecule is CCOC(=O)C(OC)(OC)OC.c1cc2cc-2c1. The number of carbonyl (C=O) groups is 1. The van der Waals surface area contributed by atoms with E-state index in [1.165, 1.54) is 32.5 Å². The third kappa shape index (κ3) is 3.29. The first-order valence-electron chi connectivity index (χ1n) is 5.56. The van der Waals surface area contributed by atoms with Gasteiger partial charge >= 0.3 is 11.9 Å². The molecule has 18 heavy (non-hydrogen) atoms. The number of hydrogen-bond donors (Lipinski definition) is 0. The summed E-state index contributed by atoms with van der Waals surface area (Å²) in [6.07, 6.45) is 0. The fourth-order valence-electron chi connectivity index (χ4n) is 1.40. The van der Waals surface area contributed by atoms with Gasteiger partial charge in [-0.1, -0.05) is 18.2 Å². The number of fused-ring (bicyclic) bond motifs is 1. The van der Waals surface area contributed by atoms with Gasteiger partial charge in [0.25, 0.3) is 0 Å². The molecular formula is C13H18O5. The summed E-state index contributed by atoms with van der Waals surface area (Å²) in [6.45, 7) is 1.93. The summed E-state index contributed by atoms with van der Waals surface area (Å²) in [4.78, 5) is 11.2. The monoisotopic (exact) mass is 254 g/mol. The van der Waals surface area contributed by atoms with Crippen LogP contribution in [0.25, 0.3) is 11.1 Å². The summed E-state index contributed by atoms with van der Waals surface area (Å²) in [5, 5.41) is 0. The molecule has 0 saturated carbocycles. The van der Waals surface area contributed by atoms with E-state index in [1.807, 2.05) is 0 Å². The average molecular weight is 254 g/mol. The molecule has 0 radical (unpaired) electrons. The van der Waals surface area contributed by atoms with Gasteiger partial charge in [0.2, 0.25) is 0 Å². The van der Waals surface area contributed by atoms with Gasteiger partial charge in [0.05, 0.1) is 6.61 Å². The number of ether oxygens (including phenoxy) is 4. The predicted octanol–water partition coefficient (Wildman–Crippen LogP) is 1.81. The molecule has 0 unspecified atom stereocenters. The molecule has 5 nitrogen and oxygen atoms in total. The lowest BCUT2D eigenvalue weighted by molar-refractivity contribution is -0.338. The Kier molecular flexibility index (Phi) is 5.27. The first-order valence-corrected chi connectivity index (χ1v) is 5.56. The normalized spacial score (nSPS) is 11.3. The zero-order chi connectivity index (χ0) is 13.6. The zero-order valence-electron chi connectivity index (χ0n) is 11.1. The lowest BCUT2D eigenvalue weighted by atomic mass is 10.5. The van der Waals surface area contributed by atoms with Gasteiger partial charge < -0.3 is 18.9 Å². The predicted molar refractivity (Wildman–Crippen MR) is 65.8 cm³/mol. The van der Waals surface area contributed by atoms with Crippen LogP contribution in [0.1, 0.15) is 6.92 Å². The highest BCUT2D eigenvalue weighted by Crippen LogP contribution is 2.32.